The number of thioether (sulfide) groups is 1. The summed E-state index contributed by atoms with van der Waals surface area (Å²) in [6.07, 6.45) is 10.9. The molecule has 5 nitrogen and oxygen atoms in total. The van der Waals surface area contributed by atoms with E-state index in [0.717, 1.165) is 29.0 Å². The molecule has 0 fully saturated rings. The maximum atomic E-state index is 11.2. The highest BCUT2D eigenvalue weighted by Crippen LogP contribution is 2.29. The molecule has 6 heteroatoms. The Morgan fingerprint density at radius 3 is 2.26 bits per heavy atom. The van der Waals surface area contributed by atoms with Gasteiger partial charge in [0, 0.05) is 36.0 Å². The Morgan fingerprint density at radius 2 is 1.71 bits per heavy atom. The van der Waals surface area contributed by atoms with Crippen LogP contribution in [0.25, 0.3) is 22.8 Å². The third kappa shape index (κ3) is 10.1. The monoisotopic (exact) mass is 531 g/mol. The number of rotatable bonds is 9. The lowest BCUT2D eigenvalue weighted by Gasteiger charge is -2.18. The van der Waals surface area contributed by atoms with Crippen LogP contribution >= 0.6 is 11.8 Å². The Kier molecular flexibility index (Phi) is 12.2. The Morgan fingerprint density at radius 1 is 1.08 bits per heavy atom. The second-order valence-electron chi connectivity index (χ2n) is 9.85. The van der Waals surface area contributed by atoms with Gasteiger partial charge in [0.25, 0.3) is 0 Å². The van der Waals surface area contributed by atoms with Gasteiger partial charge in [-0.1, -0.05) is 58.6 Å². The van der Waals surface area contributed by atoms with Crippen LogP contribution in [0.2, 0.25) is 0 Å². The summed E-state index contributed by atoms with van der Waals surface area (Å²) >= 11 is 1.69. The fourth-order valence-corrected chi connectivity index (χ4v) is 3.55. The lowest BCUT2D eigenvalue weighted by atomic mass is 9.87. The summed E-state index contributed by atoms with van der Waals surface area (Å²) in [5.74, 6) is 1.46. The zero-order chi connectivity index (χ0) is 28.1. The predicted octanol–water partition coefficient (Wildman–Crippen LogP) is 8.59. The number of hydrogen-bond donors (Lipinski definition) is 2. The molecule has 2 N–H and O–H groups in total. The van der Waals surface area contributed by atoms with E-state index in [1.165, 1.54) is 10.5 Å². The van der Waals surface area contributed by atoms with E-state index < -0.39 is 0 Å². The topological polar surface area (TPSA) is 67.2 Å². The lowest BCUT2D eigenvalue weighted by Crippen LogP contribution is -2.20. The summed E-state index contributed by atoms with van der Waals surface area (Å²) < 4.78 is 5.92. The molecule has 38 heavy (non-hydrogen) atoms. The molecule has 3 aromatic rings. The molecular formula is C32H41N3O2S. The number of anilines is 1. The van der Waals surface area contributed by atoms with Crippen molar-refractivity contribution in [2.45, 2.75) is 52.9 Å². The van der Waals surface area contributed by atoms with Crippen molar-refractivity contribution in [1.29, 1.82) is 0 Å². The van der Waals surface area contributed by atoms with Crippen LogP contribution in [-0.4, -0.2) is 24.2 Å². The largest absolute Gasteiger partial charge is 0.436 e. The van der Waals surface area contributed by atoms with Crippen LogP contribution in [0.3, 0.4) is 0 Å². The van der Waals surface area contributed by atoms with E-state index in [2.05, 4.69) is 67.2 Å². The quantitative estimate of drug-likeness (QED) is 0.271. The molecule has 0 unspecified atom stereocenters. The molecule has 3 rings (SSSR count). The first-order valence-electron chi connectivity index (χ1n) is 12.8. The van der Waals surface area contributed by atoms with E-state index in [-0.39, 0.29) is 11.3 Å². The molecule has 0 spiro atoms. The summed E-state index contributed by atoms with van der Waals surface area (Å²) in [4.78, 5) is 16.8. The molecule has 2 aromatic carbocycles. The minimum Gasteiger partial charge on any atom is -0.436 e. The first kappa shape index (κ1) is 30.7. The zero-order valence-corrected chi connectivity index (χ0v) is 24.5. The van der Waals surface area contributed by atoms with Crippen molar-refractivity contribution in [2.75, 3.05) is 18.6 Å². The van der Waals surface area contributed by atoms with Gasteiger partial charge in [0.2, 0.25) is 11.8 Å². The van der Waals surface area contributed by atoms with Gasteiger partial charge in [-0.3, -0.25) is 4.79 Å². The van der Waals surface area contributed by atoms with Crippen molar-refractivity contribution in [3.05, 3.63) is 95.7 Å². The van der Waals surface area contributed by atoms with Crippen molar-refractivity contribution in [2.24, 2.45) is 0 Å². The molecule has 0 saturated carbocycles. The standard InChI is InChI=1S/C20H22N2O.C12H19NOS/c1-20(2,3)16-9-5-15(6-10-16)19-22-13-18(23-19)14-7-11-17(21-4)12-8-14;1-5-7-12(14)13-10(2)8-6-9-11(3)15-4/h5-13,21H,1-4H3;6,8-9H,2,5,7H2,1,3-4H3,(H,13,14)/b;8-6-,11-9+. The SMILES string of the molecule is C=C(/C=C\C=C(/C)SC)NC(=O)CCC.CNc1ccc(-c2cnc(-c3ccc(C(C)(C)C)cc3)o2)cc1. The molecule has 202 valence electrons. The molecule has 0 radical (unpaired) electrons. The number of carbonyl (C=O) groups excluding carboxylic acids is 1. The Hall–Kier alpha value is -3.51. The summed E-state index contributed by atoms with van der Waals surface area (Å²) in [5, 5.41) is 5.82. The van der Waals surface area contributed by atoms with Gasteiger partial charge in [-0.05, 0) is 78.0 Å². The minimum absolute atomic E-state index is 0.0257. The smallest absolute Gasteiger partial charge is 0.226 e. The minimum atomic E-state index is 0.0257. The maximum Gasteiger partial charge on any atom is 0.226 e. The summed E-state index contributed by atoms with van der Waals surface area (Å²) in [6.45, 7) is 14.4. The van der Waals surface area contributed by atoms with Crippen LogP contribution < -0.4 is 10.6 Å². The Balaban J connectivity index is 0.000000296. The van der Waals surface area contributed by atoms with Gasteiger partial charge in [0.05, 0.1) is 6.20 Å². The number of aromatic nitrogens is 1. The van der Waals surface area contributed by atoms with Gasteiger partial charge < -0.3 is 15.1 Å². The lowest BCUT2D eigenvalue weighted by molar-refractivity contribution is -0.120. The highest BCUT2D eigenvalue weighted by atomic mass is 32.2. The third-order valence-corrected chi connectivity index (χ3v) is 6.47. The Bertz CT molecular complexity index is 1230. The van der Waals surface area contributed by atoms with Crippen LogP contribution in [-0.2, 0) is 10.2 Å². The van der Waals surface area contributed by atoms with Crippen molar-refractivity contribution in [3.8, 4) is 22.8 Å². The Labute approximate surface area is 232 Å². The number of nitrogens with zero attached hydrogens (tertiary/aromatic N) is 1. The molecule has 1 amide bonds. The molecule has 0 aliphatic heterocycles. The van der Waals surface area contributed by atoms with E-state index in [4.69, 9.17) is 4.42 Å². The van der Waals surface area contributed by atoms with Gasteiger partial charge in [0.15, 0.2) is 5.76 Å². The summed E-state index contributed by atoms with van der Waals surface area (Å²) in [7, 11) is 1.91. The van der Waals surface area contributed by atoms with Gasteiger partial charge >= 0.3 is 0 Å². The fourth-order valence-electron chi connectivity index (χ4n) is 3.33. The summed E-state index contributed by atoms with van der Waals surface area (Å²) in [5.41, 5.74) is 5.18. The van der Waals surface area contributed by atoms with Gasteiger partial charge in [-0.15, -0.1) is 11.8 Å². The fraction of sp³-hybridized carbons (Fsp3) is 0.312. The van der Waals surface area contributed by atoms with E-state index >= 15 is 0 Å². The van der Waals surface area contributed by atoms with Crippen LogP contribution in [0.5, 0.6) is 0 Å². The number of oxazole rings is 1. The predicted molar refractivity (Wildman–Crippen MR) is 164 cm³/mol. The molecule has 0 aliphatic rings. The average Bonchev–Trinajstić information content (AvgIpc) is 3.39. The summed E-state index contributed by atoms with van der Waals surface area (Å²) in [6, 6.07) is 16.5. The number of nitrogens with one attached hydrogen (secondary N) is 2. The number of amides is 1. The van der Waals surface area contributed by atoms with Crippen molar-refractivity contribution >= 4 is 23.4 Å². The average molecular weight is 532 g/mol. The molecular weight excluding hydrogens is 490 g/mol. The van der Waals surface area contributed by atoms with Crippen LogP contribution in [0.1, 0.15) is 53.0 Å². The third-order valence-electron chi connectivity index (χ3n) is 5.69. The number of hydrogen-bond acceptors (Lipinski definition) is 5. The second-order valence-corrected chi connectivity index (χ2v) is 10.9. The van der Waals surface area contributed by atoms with Gasteiger partial charge in [-0.2, -0.15) is 0 Å². The number of carbonyl (C=O) groups is 1. The van der Waals surface area contributed by atoms with Crippen molar-refractivity contribution in [1.82, 2.24) is 10.3 Å². The normalized spacial score (nSPS) is 11.6. The first-order valence-corrected chi connectivity index (χ1v) is 14.0. The van der Waals surface area contributed by atoms with E-state index in [9.17, 15) is 4.79 Å². The van der Waals surface area contributed by atoms with Gasteiger partial charge in [0.1, 0.15) is 0 Å². The van der Waals surface area contributed by atoms with E-state index in [0.29, 0.717) is 18.0 Å². The first-order chi connectivity index (χ1) is 18.1. The highest BCUT2D eigenvalue weighted by molar-refractivity contribution is 8.02. The number of benzene rings is 2. The highest BCUT2D eigenvalue weighted by Gasteiger charge is 2.14. The van der Waals surface area contributed by atoms with E-state index in [1.54, 1.807) is 24.0 Å². The van der Waals surface area contributed by atoms with E-state index in [1.807, 2.05) is 63.6 Å². The number of allylic oxidation sites excluding steroid dienone is 4. The molecule has 1 heterocycles. The van der Waals surface area contributed by atoms with Crippen LogP contribution in [0, 0.1) is 0 Å². The van der Waals surface area contributed by atoms with Crippen molar-refractivity contribution in [3.63, 3.8) is 0 Å². The second kappa shape index (κ2) is 15.0. The molecule has 0 aliphatic carbocycles. The molecule has 1 aromatic heterocycles. The van der Waals surface area contributed by atoms with Crippen LogP contribution in [0.15, 0.2) is 94.6 Å². The zero-order valence-electron chi connectivity index (χ0n) is 23.7. The maximum absolute atomic E-state index is 11.2. The molecule has 0 saturated heterocycles. The molecule has 0 atom stereocenters. The van der Waals surface area contributed by atoms with Gasteiger partial charge in [-0.25, -0.2) is 4.98 Å². The molecule has 0 bridgehead atoms. The van der Waals surface area contributed by atoms with Crippen LogP contribution in [0.4, 0.5) is 5.69 Å². The van der Waals surface area contributed by atoms with Crippen molar-refractivity contribution < 1.29 is 9.21 Å².